The molecule has 2 aromatic carbocycles. The third kappa shape index (κ3) is 5.77. The number of amides is 1. The largest absolute Gasteiger partial charge is 0.351 e. The third-order valence-corrected chi connectivity index (χ3v) is 5.03. The molecule has 0 radical (unpaired) electrons. The molecule has 0 aliphatic carbocycles. The van der Waals surface area contributed by atoms with Crippen molar-refractivity contribution in [2.24, 2.45) is 0 Å². The number of nitrogens with one attached hydrogen (secondary N) is 1. The Balaban J connectivity index is 1.38. The Bertz CT molecular complexity index is 829. The number of rotatable bonds is 8. The molecule has 4 nitrogen and oxygen atoms in total. The van der Waals surface area contributed by atoms with Crippen LogP contribution in [0.4, 0.5) is 0 Å². The minimum absolute atomic E-state index is 0.0742. The number of benzene rings is 2. The summed E-state index contributed by atoms with van der Waals surface area (Å²) in [6.45, 7) is 3.46. The molecule has 26 heavy (non-hydrogen) atoms. The molecule has 0 unspecified atom stereocenters. The highest BCUT2D eigenvalue weighted by Gasteiger charge is 2.03. The fourth-order valence-corrected chi connectivity index (χ4v) is 3.47. The summed E-state index contributed by atoms with van der Waals surface area (Å²) in [6.07, 6.45) is 5.53. The molecular weight excluding hydrogens is 342 g/mol. The van der Waals surface area contributed by atoms with Gasteiger partial charge in [0.1, 0.15) is 0 Å². The molecule has 0 aliphatic rings. The SMILES string of the molecule is Cc1cccc(CSCC(=O)NCc2ccc(Cn3ccnc3)cc2)c1. The fourth-order valence-electron chi connectivity index (χ4n) is 2.67. The molecule has 1 amide bonds. The molecule has 1 N–H and O–H groups in total. The van der Waals surface area contributed by atoms with Gasteiger partial charge in [-0.2, -0.15) is 0 Å². The van der Waals surface area contributed by atoms with Gasteiger partial charge in [0.15, 0.2) is 0 Å². The van der Waals surface area contributed by atoms with E-state index < -0.39 is 0 Å². The van der Waals surface area contributed by atoms with Gasteiger partial charge in [-0.1, -0.05) is 54.1 Å². The molecule has 134 valence electrons. The van der Waals surface area contributed by atoms with Gasteiger partial charge in [0, 0.05) is 31.2 Å². The standard InChI is InChI=1S/C21H23N3OS/c1-17-3-2-4-20(11-17)14-26-15-21(25)23-12-18-5-7-19(8-6-18)13-24-10-9-22-16-24/h2-11,16H,12-15H2,1H3,(H,23,25). The van der Waals surface area contributed by atoms with Crippen molar-refractivity contribution in [3.8, 4) is 0 Å². The lowest BCUT2D eigenvalue weighted by atomic mass is 10.1. The summed E-state index contributed by atoms with van der Waals surface area (Å²) in [7, 11) is 0. The van der Waals surface area contributed by atoms with Crippen molar-refractivity contribution >= 4 is 17.7 Å². The van der Waals surface area contributed by atoms with Gasteiger partial charge < -0.3 is 9.88 Å². The van der Waals surface area contributed by atoms with Crippen molar-refractivity contribution < 1.29 is 4.79 Å². The molecule has 0 saturated heterocycles. The Morgan fingerprint density at radius 2 is 1.92 bits per heavy atom. The van der Waals surface area contributed by atoms with Crippen LogP contribution in [0, 0.1) is 6.92 Å². The van der Waals surface area contributed by atoms with Crippen LogP contribution in [0.2, 0.25) is 0 Å². The zero-order valence-electron chi connectivity index (χ0n) is 14.9. The van der Waals surface area contributed by atoms with Crippen LogP contribution < -0.4 is 5.32 Å². The maximum absolute atomic E-state index is 12.0. The lowest BCUT2D eigenvalue weighted by molar-refractivity contribution is -0.118. The number of nitrogens with zero attached hydrogens (tertiary/aromatic N) is 2. The van der Waals surface area contributed by atoms with Crippen LogP contribution in [-0.4, -0.2) is 21.2 Å². The fraction of sp³-hybridized carbons (Fsp3) is 0.238. The summed E-state index contributed by atoms with van der Waals surface area (Å²) in [5, 5.41) is 2.99. The van der Waals surface area contributed by atoms with Crippen molar-refractivity contribution in [2.75, 3.05) is 5.75 Å². The molecule has 0 atom stereocenters. The summed E-state index contributed by atoms with van der Waals surface area (Å²) >= 11 is 1.64. The molecule has 0 saturated carbocycles. The van der Waals surface area contributed by atoms with Crippen LogP contribution in [0.25, 0.3) is 0 Å². The summed E-state index contributed by atoms with van der Waals surface area (Å²) in [5.74, 6) is 1.41. The lowest BCUT2D eigenvalue weighted by Crippen LogP contribution is -2.24. The Morgan fingerprint density at radius 3 is 2.65 bits per heavy atom. The van der Waals surface area contributed by atoms with Gasteiger partial charge in [-0.05, 0) is 23.6 Å². The van der Waals surface area contributed by atoms with Gasteiger partial charge >= 0.3 is 0 Å². The highest BCUT2D eigenvalue weighted by molar-refractivity contribution is 7.99. The smallest absolute Gasteiger partial charge is 0.230 e. The molecule has 3 rings (SSSR count). The quantitative estimate of drug-likeness (QED) is 0.661. The van der Waals surface area contributed by atoms with Crippen molar-refractivity contribution in [1.29, 1.82) is 0 Å². The maximum Gasteiger partial charge on any atom is 0.230 e. The van der Waals surface area contributed by atoms with E-state index in [0.29, 0.717) is 12.3 Å². The van der Waals surface area contributed by atoms with Crippen molar-refractivity contribution in [1.82, 2.24) is 14.9 Å². The molecule has 0 bridgehead atoms. The first-order valence-corrected chi connectivity index (χ1v) is 9.78. The lowest BCUT2D eigenvalue weighted by Gasteiger charge is -2.07. The second-order valence-corrected chi connectivity index (χ2v) is 7.30. The predicted molar refractivity (Wildman–Crippen MR) is 107 cm³/mol. The Morgan fingerprint density at radius 1 is 1.12 bits per heavy atom. The number of hydrogen-bond donors (Lipinski definition) is 1. The predicted octanol–water partition coefficient (Wildman–Crippen LogP) is 3.79. The summed E-state index contributed by atoms with van der Waals surface area (Å²) in [4.78, 5) is 16.1. The molecule has 0 fully saturated rings. The first-order chi connectivity index (χ1) is 12.7. The average Bonchev–Trinajstić information content (AvgIpc) is 3.14. The molecule has 1 aromatic heterocycles. The van der Waals surface area contributed by atoms with Gasteiger partial charge in [-0.15, -0.1) is 11.8 Å². The number of thioether (sulfide) groups is 1. The van der Waals surface area contributed by atoms with Crippen LogP contribution in [-0.2, 0) is 23.6 Å². The van der Waals surface area contributed by atoms with E-state index in [1.165, 1.54) is 16.7 Å². The minimum Gasteiger partial charge on any atom is -0.351 e. The normalized spacial score (nSPS) is 10.7. The number of imidazole rings is 1. The van der Waals surface area contributed by atoms with Crippen LogP contribution >= 0.6 is 11.8 Å². The van der Waals surface area contributed by atoms with Crippen molar-refractivity contribution in [2.45, 2.75) is 25.8 Å². The molecular formula is C21H23N3OS. The number of carbonyl (C=O) groups is 1. The van der Waals surface area contributed by atoms with Crippen LogP contribution in [0.15, 0.2) is 67.3 Å². The van der Waals surface area contributed by atoms with E-state index in [4.69, 9.17) is 0 Å². The zero-order valence-corrected chi connectivity index (χ0v) is 15.7. The van der Waals surface area contributed by atoms with Crippen molar-refractivity contribution in [3.05, 3.63) is 89.5 Å². The van der Waals surface area contributed by atoms with E-state index in [2.05, 4.69) is 65.8 Å². The second kappa shape index (κ2) is 9.25. The number of aromatic nitrogens is 2. The topological polar surface area (TPSA) is 46.9 Å². The first-order valence-electron chi connectivity index (χ1n) is 8.62. The van der Waals surface area contributed by atoms with Gasteiger partial charge in [-0.25, -0.2) is 4.98 Å². The van der Waals surface area contributed by atoms with E-state index in [9.17, 15) is 4.79 Å². The molecule has 0 aliphatic heterocycles. The zero-order chi connectivity index (χ0) is 18.2. The van der Waals surface area contributed by atoms with E-state index in [1.807, 2.05) is 17.1 Å². The van der Waals surface area contributed by atoms with Gasteiger partial charge in [-0.3, -0.25) is 4.79 Å². The summed E-state index contributed by atoms with van der Waals surface area (Å²) in [6, 6.07) is 16.7. The molecule has 3 aromatic rings. The van der Waals surface area contributed by atoms with E-state index in [1.54, 1.807) is 18.0 Å². The second-order valence-electron chi connectivity index (χ2n) is 6.31. The van der Waals surface area contributed by atoms with E-state index in [0.717, 1.165) is 17.9 Å². The van der Waals surface area contributed by atoms with Crippen molar-refractivity contribution in [3.63, 3.8) is 0 Å². The highest BCUT2D eigenvalue weighted by atomic mass is 32.2. The van der Waals surface area contributed by atoms with E-state index >= 15 is 0 Å². The van der Waals surface area contributed by atoms with Gasteiger partial charge in [0.05, 0.1) is 12.1 Å². The summed E-state index contributed by atoms with van der Waals surface area (Å²) < 4.78 is 2.03. The first kappa shape index (κ1) is 18.3. The van der Waals surface area contributed by atoms with Crippen LogP contribution in [0.3, 0.4) is 0 Å². The Hall–Kier alpha value is -2.53. The monoisotopic (exact) mass is 365 g/mol. The summed E-state index contributed by atoms with van der Waals surface area (Å²) in [5.41, 5.74) is 4.84. The third-order valence-electron chi connectivity index (χ3n) is 4.02. The van der Waals surface area contributed by atoms with Gasteiger partial charge in [0.2, 0.25) is 5.91 Å². The highest BCUT2D eigenvalue weighted by Crippen LogP contribution is 2.13. The molecule has 0 spiro atoms. The average molecular weight is 366 g/mol. The Labute approximate surface area is 158 Å². The Kier molecular flexibility index (Phi) is 6.50. The van der Waals surface area contributed by atoms with Crippen LogP contribution in [0.1, 0.15) is 22.3 Å². The molecule has 1 heterocycles. The molecule has 5 heteroatoms. The maximum atomic E-state index is 12.0. The van der Waals surface area contributed by atoms with Gasteiger partial charge in [0.25, 0.3) is 0 Å². The minimum atomic E-state index is 0.0742. The number of carbonyl (C=O) groups excluding carboxylic acids is 1. The number of aryl methyl sites for hydroxylation is 1. The van der Waals surface area contributed by atoms with Crippen LogP contribution in [0.5, 0.6) is 0 Å². The number of hydrogen-bond acceptors (Lipinski definition) is 3. The van der Waals surface area contributed by atoms with E-state index in [-0.39, 0.29) is 5.91 Å².